The summed E-state index contributed by atoms with van der Waals surface area (Å²) in [5, 5.41) is 14.6. The van der Waals surface area contributed by atoms with Crippen molar-refractivity contribution < 1.29 is 33.6 Å². The van der Waals surface area contributed by atoms with Gasteiger partial charge in [0.05, 0.1) is 17.9 Å². The van der Waals surface area contributed by atoms with Crippen molar-refractivity contribution in [2.24, 2.45) is 5.92 Å². The summed E-state index contributed by atoms with van der Waals surface area (Å²) in [5.41, 5.74) is 0.650. The largest absolute Gasteiger partial charge is 0.605 e. The summed E-state index contributed by atoms with van der Waals surface area (Å²) in [6.45, 7) is 3.52. The summed E-state index contributed by atoms with van der Waals surface area (Å²) in [4.78, 5) is 49.1. The number of carboxylic acid groups (broad SMARTS) is 1. The lowest BCUT2D eigenvalue weighted by atomic mass is 9.99. The molecule has 0 aliphatic carbocycles. The summed E-state index contributed by atoms with van der Waals surface area (Å²) in [5.74, 6) is -2.44. The molecule has 1 saturated heterocycles. The van der Waals surface area contributed by atoms with E-state index in [1.165, 1.54) is 17.9 Å². The first-order valence-corrected chi connectivity index (χ1v) is 14.4. The molecule has 0 radical (unpaired) electrons. The Kier molecular flexibility index (Phi) is 11.9. The van der Waals surface area contributed by atoms with Gasteiger partial charge in [-0.25, -0.2) is 4.79 Å². The average molecular weight is 527 g/mol. The van der Waals surface area contributed by atoms with Crippen molar-refractivity contribution in [1.29, 1.82) is 0 Å². The number of ether oxygens (including phenoxy) is 1. The van der Waals surface area contributed by atoms with Crippen molar-refractivity contribution in [3.8, 4) is 5.75 Å². The summed E-state index contributed by atoms with van der Waals surface area (Å²) < 4.78 is 16.9. The van der Waals surface area contributed by atoms with E-state index in [4.69, 9.17) is 4.74 Å². The van der Waals surface area contributed by atoms with Crippen LogP contribution >= 0.6 is 10.8 Å². The predicted octanol–water partition coefficient (Wildman–Crippen LogP) is 2.25. The number of amides is 2. The predicted molar refractivity (Wildman–Crippen MR) is 136 cm³/mol. The molecule has 2 rings (SSSR count). The molecule has 1 aromatic carbocycles. The van der Waals surface area contributed by atoms with E-state index in [0.29, 0.717) is 17.7 Å². The zero-order valence-corrected chi connectivity index (χ0v) is 21.9. The number of carbonyl (C=O) groups is 4. The number of methoxy groups -OCH3 is 1. The number of carbonyl (C=O) groups excluding carboxylic acids is 3. The average Bonchev–Trinajstić information content (AvgIpc) is 3.23. The molecule has 2 unspecified atom stereocenters. The Morgan fingerprint density at radius 1 is 1.17 bits per heavy atom. The maximum Gasteiger partial charge on any atom is 0.374 e. The number of ketones is 1. The molecule has 11 heteroatoms. The van der Waals surface area contributed by atoms with Crippen LogP contribution in [0.4, 0.5) is 0 Å². The quantitative estimate of drug-likeness (QED) is 0.145. The Balaban J connectivity index is 1.94. The van der Waals surface area contributed by atoms with Gasteiger partial charge in [0.15, 0.2) is 0 Å². The molecule has 1 aliphatic heterocycles. The van der Waals surface area contributed by atoms with E-state index in [1.54, 1.807) is 38.1 Å². The van der Waals surface area contributed by atoms with Crippen LogP contribution in [-0.2, 0) is 35.8 Å². The SMILES string of the molecule is COc1ccc(C[C@H](NC(=O)[C@@H](NC(=O)CCCCC2CCS[S+]2[O-])C(C)C)C(=O)C(=O)O)cc1. The number of carboxylic acids is 1. The van der Waals surface area contributed by atoms with Gasteiger partial charge < -0.3 is 25.0 Å². The van der Waals surface area contributed by atoms with Gasteiger partial charge in [0.2, 0.25) is 11.8 Å². The number of Topliss-reactive ketones (excluding diaryl/α,β-unsaturated/α-hetero) is 1. The third kappa shape index (κ3) is 9.38. The van der Waals surface area contributed by atoms with Crippen molar-refractivity contribution in [3.63, 3.8) is 0 Å². The number of aliphatic carboxylic acids is 1. The monoisotopic (exact) mass is 526 g/mol. The van der Waals surface area contributed by atoms with Crippen LogP contribution in [0.15, 0.2) is 24.3 Å². The van der Waals surface area contributed by atoms with Crippen LogP contribution in [0.2, 0.25) is 0 Å². The highest BCUT2D eigenvalue weighted by Crippen LogP contribution is 2.33. The lowest BCUT2D eigenvalue weighted by Gasteiger charge is -2.24. The van der Waals surface area contributed by atoms with Gasteiger partial charge in [0, 0.05) is 35.2 Å². The van der Waals surface area contributed by atoms with Crippen LogP contribution in [-0.4, -0.2) is 63.4 Å². The topological polar surface area (TPSA) is 145 Å². The third-order valence-electron chi connectivity index (χ3n) is 5.80. The van der Waals surface area contributed by atoms with Gasteiger partial charge in [-0.15, -0.1) is 0 Å². The second-order valence-corrected chi connectivity index (χ2v) is 12.3. The molecule has 4 atom stereocenters. The molecule has 2 amide bonds. The number of rotatable bonds is 14. The fourth-order valence-corrected chi connectivity index (χ4v) is 7.24. The number of unbranched alkanes of at least 4 members (excludes halogenated alkanes) is 1. The van der Waals surface area contributed by atoms with Crippen molar-refractivity contribution in [2.45, 2.75) is 69.7 Å². The summed E-state index contributed by atoms with van der Waals surface area (Å²) in [7, 11) is 2.16. The zero-order chi connectivity index (χ0) is 26.0. The van der Waals surface area contributed by atoms with Gasteiger partial charge in [-0.1, -0.05) is 26.0 Å². The normalized spacial score (nSPS) is 19.1. The molecule has 1 aliphatic rings. The third-order valence-corrected chi connectivity index (χ3v) is 9.46. The summed E-state index contributed by atoms with van der Waals surface area (Å²) in [6, 6.07) is 4.54. The van der Waals surface area contributed by atoms with Crippen LogP contribution in [0.3, 0.4) is 0 Å². The minimum Gasteiger partial charge on any atom is -0.605 e. The molecule has 9 nitrogen and oxygen atoms in total. The Bertz CT molecular complexity index is 879. The number of benzene rings is 1. The molecule has 0 spiro atoms. The maximum atomic E-state index is 13.0. The van der Waals surface area contributed by atoms with Crippen molar-refractivity contribution in [2.75, 3.05) is 12.9 Å². The highest BCUT2D eigenvalue weighted by molar-refractivity contribution is 8.72. The molecule has 0 saturated carbocycles. The molecule has 1 aromatic rings. The molecule has 1 heterocycles. The van der Waals surface area contributed by atoms with Crippen LogP contribution in [0, 0.1) is 5.92 Å². The molecular weight excluding hydrogens is 492 g/mol. The molecule has 1 fully saturated rings. The van der Waals surface area contributed by atoms with E-state index in [0.717, 1.165) is 25.0 Å². The number of nitrogens with one attached hydrogen (secondary N) is 2. The lowest BCUT2D eigenvalue weighted by Crippen LogP contribution is -2.55. The van der Waals surface area contributed by atoms with Crippen molar-refractivity contribution in [1.82, 2.24) is 10.6 Å². The molecular formula is C24H34N2O7S2. The Hall–Kier alpha value is -2.24. The van der Waals surface area contributed by atoms with Crippen molar-refractivity contribution in [3.05, 3.63) is 29.8 Å². The van der Waals surface area contributed by atoms with Crippen LogP contribution < -0.4 is 15.4 Å². The molecule has 194 valence electrons. The van der Waals surface area contributed by atoms with Crippen LogP contribution in [0.5, 0.6) is 5.75 Å². The highest BCUT2D eigenvalue weighted by Gasteiger charge is 2.32. The standard InChI is InChI=1S/C24H34N2O7S2/c1-15(2)21(26-20(27)7-5-4-6-18-12-13-34-35(18)32)23(29)25-19(22(28)24(30)31)14-16-8-10-17(33-3)11-9-16/h8-11,15,18-19,21H,4-7,12-14H2,1-3H3,(H,25,29)(H,26,27)(H,30,31)/t18?,19-,21-,35?/m0/s1. The maximum absolute atomic E-state index is 13.0. The molecule has 35 heavy (non-hydrogen) atoms. The second kappa shape index (κ2) is 14.4. The van der Waals surface area contributed by atoms with Gasteiger partial charge in [-0.3, -0.25) is 14.4 Å². The van der Waals surface area contributed by atoms with Gasteiger partial charge in [-0.05, 0) is 42.9 Å². The minimum absolute atomic E-state index is 0.0134. The van der Waals surface area contributed by atoms with E-state index < -0.39 is 40.0 Å². The fourth-order valence-electron chi connectivity index (χ4n) is 3.75. The summed E-state index contributed by atoms with van der Waals surface area (Å²) in [6.07, 6.45) is 3.36. The summed E-state index contributed by atoms with van der Waals surface area (Å²) >= 11 is 0. The van der Waals surface area contributed by atoms with Crippen LogP contribution in [0.25, 0.3) is 0 Å². The van der Waals surface area contributed by atoms with E-state index in [9.17, 15) is 28.8 Å². The zero-order valence-electron chi connectivity index (χ0n) is 20.3. The Labute approximate surface area is 212 Å². The highest BCUT2D eigenvalue weighted by atomic mass is 33.1. The van der Waals surface area contributed by atoms with Gasteiger partial charge in [0.1, 0.15) is 23.1 Å². The van der Waals surface area contributed by atoms with E-state index in [2.05, 4.69) is 10.6 Å². The van der Waals surface area contributed by atoms with Gasteiger partial charge in [0.25, 0.3) is 5.78 Å². The fraction of sp³-hybridized carbons (Fsp3) is 0.583. The first-order chi connectivity index (χ1) is 16.6. The van der Waals surface area contributed by atoms with Gasteiger partial charge >= 0.3 is 5.97 Å². The second-order valence-electron chi connectivity index (χ2n) is 8.81. The van der Waals surface area contributed by atoms with E-state index in [-0.39, 0.29) is 29.9 Å². The van der Waals surface area contributed by atoms with Crippen molar-refractivity contribution >= 4 is 44.6 Å². The molecule has 0 aromatic heterocycles. The van der Waals surface area contributed by atoms with Gasteiger partial charge in [-0.2, -0.15) is 0 Å². The number of hydrogen-bond acceptors (Lipinski definition) is 7. The van der Waals surface area contributed by atoms with E-state index >= 15 is 0 Å². The Morgan fingerprint density at radius 2 is 1.86 bits per heavy atom. The Morgan fingerprint density at radius 3 is 2.40 bits per heavy atom. The van der Waals surface area contributed by atoms with Crippen LogP contribution in [0.1, 0.15) is 51.5 Å². The first-order valence-electron chi connectivity index (χ1n) is 11.7. The minimum atomic E-state index is -1.64. The number of hydrogen-bond donors (Lipinski definition) is 3. The lowest BCUT2D eigenvalue weighted by molar-refractivity contribution is -0.150. The molecule has 3 N–H and O–H groups in total. The first kappa shape index (κ1) is 29.0. The smallest absolute Gasteiger partial charge is 0.374 e. The molecule has 0 bridgehead atoms. The van der Waals surface area contributed by atoms with E-state index in [1.807, 2.05) is 0 Å².